The van der Waals surface area contributed by atoms with Crippen LogP contribution in [0.1, 0.15) is 16.1 Å². The molecule has 98 valence electrons. The number of aromatic carboxylic acids is 1. The van der Waals surface area contributed by atoms with Crippen LogP contribution in [0.15, 0.2) is 30.6 Å². The van der Waals surface area contributed by atoms with Gasteiger partial charge in [-0.2, -0.15) is 0 Å². The predicted molar refractivity (Wildman–Crippen MR) is 66.8 cm³/mol. The number of aryl methyl sites for hydroxylation is 1. The molecule has 0 aliphatic heterocycles. The molecule has 0 radical (unpaired) electrons. The lowest BCUT2D eigenvalue weighted by Crippen LogP contribution is -2.02. The number of benzene rings is 1. The van der Waals surface area contributed by atoms with Crippen LogP contribution in [-0.2, 0) is 0 Å². The van der Waals surface area contributed by atoms with E-state index in [1.165, 1.54) is 19.5 Å². The van der Waals surface area contributed by atoms with E-state index in [0.717, 1.165) is 5.69 Å². The number of ether oxygens (including phenoxy) is 2. The highest BCUT2D eigenvalue weighted by Crippen LogP contribution is 2.34. The summed E-state index contributed by atoms with van der Waals surface area (Å²) in [5, 5.41) is 9.15. The topological polar surface area (TPSA) is 81.5 Å². The molecule has 0 saturated carbocycles. The van der Waals surface area contributed by atoms with Gasteiger partial charge in [0.1, 0.15) is 11.9 Å². The Kier molecular flexibility index (Phi) is 3.61. The van der Waals surface area contributed by atoms with Crippen molar-refractivity contribution < 1.29 is 19.4 Å². The standard InChI is InChI=1S/C13H12N2O4/c1-8-6-11(15-7-14-8)19-12-9(13(16)17)4-3-5-10(12)18-2/h3-7H,1-2H3,(H,16,17). The van der Waals surface area contributed by atoms with Gasteiger partial charge in [-0.25, -0.2) is 14.8 Å². The van der Waals surface area contributed by atoms with E-state index >= 15 is 0 Å². The van der Waals surface area contributed by atoms with Crippen molar-refractivity contribution in [3.05, 3.63) is 41.9 Å². The first-order chi connectivity index (χ1) is 9.11. The Hall–Kier alpha value is -2.63. The van der Waals surface area contributed by atoms with Crippen LogP contribution in [0.2, 0.25) is 0 Å². The largest absolute Gasteiger partial charge is 0.493 e. The second kappa shape index (κ2) is 5.34. The van der Waals surface area contributed by atoms with Crippen LogP contribution in [0.5, 0.6) is 17.4 Å². The van der Waals surface area contributed by atoms with E-state index in [1.54, 1.807) is 25.1 Å². The number of para-hydroxylation sites is 1. The number of nitrogens with zero attached hydrogens (tertiary/aromatic N) is 2. The Morgan fingerprint density at radius 1 is 1.32 bits per heavy atom. The Labute approximate surface area is 109 Å². The number of rotatable bonds is 4. The third-order valence-corrected chi connectivity index (χ3v) is 2.41. The lowest BCUT2D eigenvalue weighted by molar-refractivity contribution is 0.0693. The van der Waals surface area contributed by atoms with Gasteiger partial charge in [-0.3, -0.25) is 0 Å². The van der Waals surface area contributed by atoms with Crippen LogP contribution in [0.4, 0.5) is 0 Å². The molecule has 0 unspecified atom stereocenters. The summed E-state index contributed by atoms with van der Waals surface area (Å²) in [5.74, 6) is -0.383. The van der Waals surface area contributed by atoms with Crippen LogP contribution in [0, 0.1) is 6.92 Å². The van der Waals surface area contributed by atoms with E-state index in [1.807, 2.05) is 0 Å². The Bertz CT molecular complexity index is 613. The number of carboxylic acids is 1. The molecule has 6 heteroatoms. The highest BCUT2D eigenvalue weighted by molar-refractivity contribution is 5.92. The lowest BCUT2D eigenvalue weighted by Gasteiger charge is -2.11. The number of aromatic nitrogens is 2. The number of methoxy groups -OCH3 is 1. The minimum absolute atomic E-state index is 0.00983. The fourth-order valence-electron chi connectivity index (χ4n) is 1.54. The van der Waals surface area contributed by atoms with Crippen LogP contribution < -0.4 is 9.47 Å². The summed E-state index contributed by atoms with van der Waals surface area (Å²) in [4.78, 5) is 19.1. The van der Waals surface area contributed by atoms with E-state index in [4.69, 9.17) is 14.6 Å². The molecule has 6 nitrogen and oxygen atoms in total. The first kappa shape index (κ1) is 12.8. The molecule has 0 spiro atoms. The van der Waals surface area contributed by atoms with Crippen LogP contribution in [0.3, 0.4) is 0 Å². The normalized spacial score (nSPS) is 10.0. The highest BCUT2D eigenvalue weighted by Gasteiger charge is 2.17. The third-order valence-electron chi connectivity index (χ3n) is 2.41. The number of hydrogen-bond donors (Lipinski definition) is 1. The quantitative estimate of drug-likeness (QED) is 0.908. The zero-order valence-electron chi connectivity index (χ0n) is 10.5. The number of hydrogen-bond acceptors (Lipinski definition) is 5. The van der Waals surface area contributed by atoms with Crippen molar-refractivity contribution in [2.24, 2.45) is 0 Å². The molecule has 1 heterocycles. The predicted octanol–water partition coefficient (Wildman–Crippen LogP) is 2.28. The Morgan fingerprint density at radius 3 is 2.74 bits per heavy atom. The second-order valence-corrected chi connectivity index (χ2v) is 3.74. The van der Waals surface area contributed by atoms with Gasteiger partial charge >= 0.3 is 5.97 Å². The molecule has 1 N–H and O–H groups in total. The van der Waals surface area contributed by atoms with Crippen LogP contribution in [0.25, 0.3) is 0 Å². The maximum absolute atomic E-state index is 11.2. The van der Waals surface area contributed by atoms with Gasteiger partial charge in [0.2, 0.25) is 5.88 Å². The van der Waals surface area contributed by atoms with Gasteiger partial charge in [0.05, 0.1) is 7.11 Å². The molecule has 1 aromatic heterocycles. The van der Waals surface area contributed by atoms with Crippen molar-refractivity contribution in [3.8, 4) is 17.4 Å². The molecule has 19 heavy (non-hydrogen) atoms. The van der Waals surface area contributed by atoms with Crippen molar-refractivity contribution >= 4 is 5.97 Å². The van der Waals surface area contributed by atoms with Crippen molar-refractivity contribution in [2.75, 3.05) is 7.11 Å². The molecular weight excluding hydrogens is 248 g/mol. The molecule has 0 fully saturated rings. The van der Waals surface area contributed by atoms with Crippen molar-refractivity contribution in [1.29, 1.82) is 0 Å². The number of carboxylic acid groups (broad SMARTS) is 1. The molecular formula is C13H12N2O4. The first-order valence-corrected chi connectivity index (χ1v) is 5.48. The van der Waals surface area contributed by atoms with Crippen LogP contribution >= 0.6 is 0 Å². The molecule has 1 aromatic carbocycles. The smallest absolute Gasteiger partial charge is 0.339 e. The maximum Gasteiger partial charge on any atom is 0.339 e. The summed E-state index contributed by atoms with van der Waals surface area (Å²) >= 11 is 0. The van der Waals surface area contributed by atoms with E-state index in [2.05, 4.69) is 9.97 Å². The Morgan fingerprint density at radius 2 is 2.11 bits per heavy atom. The molecule has 0 bridgehead atoms. The molecule has 0 aliphatic rings. The molecule has 2 aromatic rings. The maximum atomic E-state index is 11.2. The van der Waals surface area contributed by atoms with Crippen molar-refractivity contribution in [3.63, 3.8) is 0 Å². The molecule has 0 saturated heterocycles. The summed E-state index contributed by atoms with van der Waals surface area (Å²) in [6.07, 6.45) is 1.35. The molecule has 2 rings (SSSR count). The van der Waals surface area contributed by atoms with Gasteiger partial charge in [-0.05, 0) is 19.1 Å². The minimum Gasteiger partial charge on any atom is -0.493 e. The lowest BCUT2D eigenvalue weighted by atomic mass is 10.2. The molecule has 0 aliphatic carbocycles. The van der Waals surface area contributed by atoms with Gasteiger partial charge in [0.15, 0.2) is 11.5 Å². The third kappa shape index (κ3) is 2.79. The van der Waals surface area contributed by atoms with E-state index in [0.29, 0.717) is 5.75 Å². The molecule has 0 amide bonds. The van der Waals surface area contributed by atoms with Gasteiger partial charge in [-0.1, -0.05) is 6.07 Å². The van der Waals surface area contributed by atoms with Crippen molar-refractivity contribution in [1.82, 2.24) is 9.97 Å². The number of carbonyl (C=O) groups is 1. The summed E-state index contributed by atoms with van der Waals surface area (Å²) in [7, 11) is 1.44. The SMILES string of the molecule is COc1cccc(C(=O)O)c1Oc1cc(C)ncn1. The zero-order valence-corrected chi connectivity index (χ0v) is 10.5. The fourth-order valence-corrected chi connectivity index (χ4v) is 1.54. The fraction of sp³-hybridized carbons (Fsp3) is 0.154. The summed E-state index contributed by atoms with van der Waals surface area (Å²) in [6.45, 7) is 1.79. The summed E-state index contributed by atoms with van der Waals surface area (Å²) in [6, 6.07) is 6.25. The van der Waals surface area contributed by atoms with Crippen molar-refractivity contribution in [2.45, 2.75) is 6.92 Å². The van der Waals surface area contributed by atoms with E-state index in [-0.39, 0.29) is 17.2 Å². The zero-order chi connectivity index (χ0) is 13.8. The van der Waals surface area contributed by atoms with Gasteiger partial charge in [-0.15, -0.1) is 0 Å². The molecule has 0 atom stereocenters. The average Bonchev–Trinajstić information content (AvgIpc) is 2.38. The van der Waals surface area contributed by atoms with E-state index in [9.17, 15) is 4.79 Å². The van der Waals surface area contributed by atoms with Gasteiger partial charge < -0.3 is 14.6 Å². The second-order valence-electron chi connectivity index (χ2n) is 3.74. The minimum atomic E-state index is -1.10. The average molecular weight is 260 g/mol. The first-order valence-electron chi connectivity index (χ1n) is 5.48. The van der Waals surface area contributed by atoms with Gasteiger partial charge in [0.25, 0.3) is 0 Å². The Balaban J connectivity index is 2.46. The van der Waals surface area contributed by atoms with Crippen LogP contribution in [-0.4, -0.2) is 28.2 Å². The summed E-state index contributed by atoms with van der Waals surface area (Å²) in [5.41, 5.74) is 0.729. The summed E-state index contributed by atoms with van der Waals surface area (Å²) < 4.78 is 10.6. The van der Waals surface area contributed by atoms with E-state index < -0.39 is 5.97 Å². The monoisotopic (exact) mass is 260 g/mol. The highest BCUT2D eigenvalue weighted by atomic mass is 16.5. The van der Waals surface area contributed by atoms with Gasteiger partial charge in [0, 0.05) is 11.8 Å².